The van der Waals surface area contributed by atoms with Crippen LogP contribution in [0.1, 0.15) is 17.2 Å². The summed E-state index contributed by atoms with van der Waals surface area (Å²) in [6, 6.07) is 8.28. The first-order valence-electron chi connectivity index (χ1n) is 7.51. The van der Waals surface area contributed by atoms with E-state index in [1.807, 2.05) is 12.1 Å². The predicted octanol–water partition coefficient (Wildman–Crippen LogP) is 2.86. The molecule has 0 saturated carbocycles. The number of sulfonamides is 1. The molecule has 5 nitrogen and oxygen atoms in total. The van der Waals surface area contributed by atoms with Crippen LogP contribution >= 0.6 is 23.2 Å². The molecule has 0 aliphatic carbocycles. The van der Waals surface area contributed by atoms with Crippen LogP contribution in [0, 0.1) is 0 Å². The topological polar surface area (TPSA) is 62.3 Å². The molecule has 1 aromatic carbocycles. The minimum absolute atomic E-state index is 0.135. The van der Waals surface area contributed by atoms with Crippen LogP contribution in [-0.4, -0.2) is 37.3 Å². The highest BCUT2D eigenvalue weighted by Crippen LogP contribution is 2.28. The van der Waals surface area contributed by atoms with Crippen molar-refractivity contribution in [1.29, 1.82) is 0 Å². The van der Waals surface area contributed by atoms with Gasteiger partial charge >= 0.3 is 0 Å². The average molecular weight is 386 g/mol. The van der Waals surface area contributed by atoms with Gasteiger partial charge in [0.05, 0.1) is 11.8 Å². The molecule has 8 heteroatoms. The van der Waals surface area contributed by atoms with Gasteiger partial charge in [0.25, 0.3) is 0 Å². The van der Waals surface area contributed by atoms with E-state index in [0.29, 0.717) is 35.2 Å². The molecule has 1 atom stereocenters. The number of piperazine rings is 1. The minimum atomic E-state index is -3.52. The third-order valence-electron chi connectivity index (χ3n) is 3.89. The molecule has 1 unspecified atom stereocenters. The van der Waals surface area contributed by atoms with Gasteiger partial charge in [0.2, 0.25) is 10.0 Å². The summed E-state index contributed by atoms with van der Waals surface area (Å²) in [4.78, 5) is 4.10. The molecule has 2 heterocycles. The Kier molecular flexibility index (Phi) is 5.42. The lowest BCUT2D eigenvalue weighted by atomic mass is 10.1. The van der Waals surface area contributed by atoms with Crippen molar-refractivity contribution in [2.75, 3.05) is 19.6 Å². The number of halogens is 2. The minimum Gasteiger partial charge on any atom is -0.313 e. The Bertz CT molecular complexity index is 795. The molecule has 0 bridgehead atoms. The number of pyridine rings is 1. The Morgan fingerprint density at radius 2 is 2.00 bits per heavy atom. The SMILES string of the molecule is O=S(=O)(Cc1cc(Cl)cc(Cl)c1)N1CCNCC1c1cccnc1. The van der Waals surface area contributed by atoms with Gasteiger partial charge in [0.1, 0.15) is 0 Å². The highest BCUT2D eigenvalue weighted by atomic mass is 35.5. The van der Waals surface area contributed by atoms with Crippen LogP contribution in [0.15, 0.2) is 42.7 Å². The van der Waals surface area contributed by atoms with Gasteiger partial charge < -0.3 is 5.32 Å². The molecule has 3 rings (SSSR count). The standard InChI is InChI=1S/C16H17Cl2N3O2S/c17-14-6-12(7-15(18)8-14)11-24(22,23)21-5-4-20-10-16(21)13-2-1-3-19-9-13/h1-3,6-9,16,20H,4-5,10-11H2. The molecule has 1 aromatic heterocycles. The normalized spacial score (nSPS) is 19.3. The second-order valence-corrected chi connectivity index (χ2v) is 8.45. The van der Waals surface area contributed by atoms with Gasteiger partial charge in [-0.3, -0.25) is 4.98 Å². The summed E-state index contributed by atoms with van der Waals surface area (Å²) in [6.07, 6.45) is 3.38. The van der Waals surface area contributed by atoms with Crippen molar-refractivity contribution < 1.29 is 8.42 Å². The number of nitrogens with one attached hydrogen (secondary N) is 1. The van der Waals surface area contributed by atoms with E-state index >= 15 is 0 Å². The van der Waals surface area contributed by atoms with E-state index in [4.69, 9.17) is 23.2 Å². The van der Waals surface area contributed by atoms with Crippen LogP contribution < -0.4 is 5.32 Å². The van der Waals surface area contributed by atoms with Crippen LogP contribution in [0.4, 0.5) is 0 Å². The van der Waals surface area contributed by atoms with Crippen molar-refractivity contribution in [2.24, 2.45) is 0 Å². The fraction of sp³-hybridized carbons (Fsp3) is 0.312. The van der Waals surface area contributed by atoms with Crippen LogP contribution in [0.3, 0.4) is 0 Å². The van der Waals surface area contributed by atoms with Gasteiger partial charge in [-0.2, -0.15) is 4.31 Å². The maximum Gasteiger partial charge on any atom is 0.218 e. The fourth-order valence-corrected chi connectivity index (χ4v) is 5.14. The summed E-state index contributed by atoms with van der Waals surface area (Å²) >= 11 is 12.0. The van der Waals surface area contributed by atoms with Crippen molar-refractivity contribution in [1.82, 2.24) is 14.6 Å². The lowest BCUT2D eigenvalue weighted by molar-refractivity contribution is 0.271. The van der Waals surface area contributed by atoms with Gasteiger partial charge in [-0.25, -0.2) is 8.42 Å². The van der Waals surface area contributed by atoms with E-state index in [1.54, 1.807) is 30.6 Å². The highest BCUT2D eigenvalue weighted by Gasteiger charge is 2.33. The molecule has 1 N–H and O–H groups in total. The highest BCUT2D eigenvalue weighted by molar-refractivity contribution is 7.88. The molecule has 128 valence electrons. The van der Waals surface area contributed by atoms with Crippen molar-refractivity contribution >= 4 is 33.2 Å². The Balaban J connectivity index is 1.88. The Hall–Kier alpha value is -1.18. The number of benzene rings is 1. The Morgan fingerprint density at radius 1 is 1.25 bits per heavy atom. The van der Waals surface area contributed by atoms with E-state index < -0.39 is 10.0 Å². The molecule has 2 aromatic rings. The molecule has 1 aliphatic heterocycles. The zero-order valence-corrected chi connectivity index (χ0v) is 15.2. The summed E-state index contributed by atoms with van der Waals surface area (Å²) in [7, 11) is -3.52. The first-order valence-corrected chi connectivity index (χ1v) is 9.87. The van der Waals surface area contributed by atoms with Crippen molar-refractivity contribution in [3.63, 3.8) is 0 Å². The second-order valence-electron chi connectivity index (χ2n) is 5.65. The molecular formula is C16H17Cl2N3O2S. The number of rotatable bonds is 4. The van der Waals surface area contributed by atoms with Gasteiger partial charge in [-0.1, -0.05) is 29.3 Å². The third kappa shape index (κ3) is 4.07. The molecule has 1 fully saturated rings. The lowest BCUT2D eigenvalue weighted by Crippen LogP contribution is -2.48. The van der Waals surface area contributed by atoms with Crippen molar-refractivity contribution in [3.8, 4) is 0 Å². The number of hydrogen-bond donors (Lipinski definition) is 1. The Morgan fingerprint density at radius 3 is 2.67 bits per heavy atom. The van der Waals surface area contributed by atoms with Crippen molar-refractivity contribution in [2.45, 2.75) is 11.8 Å². The zero-order chi connectivity index (χ0) is 17.2. The summed E-state index contributed by atoms with van der Waals surface area (Å²) in [5.41, 5.74) is 1.45. The summed E-state index contributed by atoms with van der Waals surface area (Å²) in [5, 5.41) is 4.10. The molecule has 1 saturated heterocycles. The fourth-order valence-electron chi connectivity index (χ4n) is 2.86. The maximum atomic E-state index is 13.0. The monoisotopic (exact) mass is 385 g/mol. The zero-order valence-electron chi connectivity index (χ0n) is 12.8. The van der Waals surface area contributed by atoms with Gasteiger partial charge in [-0.15, -0.1) is 0 Å². The summed E-state index contributed by atoms with van der Waals surface area (Å²) in [6.45, 7) is 1.59. The first-order chi connectivity index (χ1) is 11.5. The third-order valence-corrected chi connectivity index (χ3v) is 6.18. The predicted molar refractivity (Wildman–Crippen MR) is 95.6 cm³/mol. The van der Waals surface area contributed by atoms with E-state index in [0.717, 1.165) is 5.56 Å². The summed E-state index contributed by atoms with van der Waals surface area (Å²) < 4.78 is 27.4. The second kappa shape index (κ2) is 7.37. The van der Waals surface area contributed by atoms with Crippen molar-refractivity contribution in [3.05, 3.63) is 63.9 Å². The molecule has 0 amide bonds. The van der Waals surface area contributed by atoms with Gasteiger partial charge in [0.15, 0.2) is 0 Å². The van der Waals surface area contributed by atoms with Crippen LogP contribution in [0.5, 0.6) is 0 Å². The molecule has 0 radical (unpaired) electrons. The molecular weight excluding hydrogens is 369 g/mol. The number of nitrogens with zero attached hydrogens (tertiary/aromatic N) is 2. The molecule has 1 aliphatic rings. The lowest BCUT2D eigenvalue weighted by Gasteiger charge is -2.35. The smallest absolute Gasteiger partial charge is 0.218 e. The number of aromatic nitrogens is 1. The van der Waals surface area contributed by atoms with E-state index in [1.165, 1.54) is 4.31 Å². The van der Waals surface area contributed by atoms with Crippen LogP contribution in [0.25, 0.3) is 0 Å². The largest absolute Gasteiger partial charge is 0.313 e. The van der Waals surface area contributed by atoms with Crippen LogP contribution in [0.2, 0.25) is 10.0 Å². The van der Waals surface area contributed by atoms with Crippen LogP contribution in [-0.2, 0) is 15.8 Å². The number of hydrogen-bond acceptors (Lipinski definition) is 4. The van der Waals surface area contributed by atoms with E-state index in [9.17, 15) is 8.42 Å². The Labute approximate surface area is 151 Å². The van der Waals surface area contributed by atoms with Gasteiger partial charge in [0, 0.05) is 42.1 Å². The van der Waals surface area contributed by atoms with Gasteiger partial charge in [-0.05, 0) is 35.4 Å². The average Bonchev–Trinajstić information content (AvgIpc) is 2.54. The molecule has 24 heavy (non-hydrogen) atoms. The van der Waals surface area contributed by atoms with E-state index in [-0.39, 0.29) is 11.8 Å². The van der Waals surface area contributed by atoms with E-state index in [2.05, 4.69) is 10.3 Å². The molecule has 0 spiro atoms. The summed E-state index contributed by atoms with van der Waals surface area (Å²) in [5.74, 6) is -0.135. The maximum absolute atomic E-state index is 13.0. The first kappa shape index (κ1) is 17.6. The quantitative estimate of drug-likeness (QED) is 0.878.